The van der Waals surface area contributed by atoms with Gasteiger partial charge in [-0.1, -0.05) is 0 Å². The SMILES string of the molecule is CC(C)(C)OC(=O)NCCCc1cc(C=O)c(N)cn1. The lowest BCUT2D eigenvalue weighted by Gasteiger charge is -2.19. The number of aldehydes is 1. The van der Waals surface area contributed by atoms with Crippen LogP contribution in [0.15, 0.2) is 12.3 Å². The lowest BCUT2D eigenvalue weighted by molar-refractivity contribution is 0.0527. The lowest BCUT2D eigenvalue weighted by atomic mass is 10.1. The summed E-state index contributed by atoms with van der Waals surface area (Å²) in [5, 5.41) is 2.67. The molecule has 0 aromatic carbocycles. The van der Waals surface area contributed by atoms with Gasteiger partial charge in [-0.2, -0.15) is 0 Å². The van der Waals surface area contributed by atoms with Crippen molar-refractivity contribution in [3.63, 3.8) is 0 Å². The molecule has 0 saturated carbocycles. The van der Waals surface area contributed by atoms with Gasteiger partial charge in [0.1, 0.15) is 5.60 Å². The van der Waals surface area contributed by atoms with Crippen LogP contribution in [0.4, 0.5) is 10.5 Å². The number of pyridine rings is 1. The first kappa shape index (κ1) is 15.9. The number of amides is 1. The first-order valence-electron chi connectivity index (χ1n) is 6.48. The Morgan fingerprint density at radius 2 is 2.20 bits per heavy atom. The quantitative estimate of drug-likeness (QED) is 0.634. The minimum Gasteiger partial charge on any atom is -0.444 e. The molecule has 20 heavy (non-hydrogen) atoms. The van der Waals surface area contributed by atoms with Crippen molar-refractivity contribution in [2.45, 2.75) is 39.2 Å². The van der Waals surface area contributed by atoms with Crippen LogP contribution >= 0.6 is 0 Å². The van der Waals surface area contributed by atoms with Gasteiger partial charge in [-0.25, -0.2) is 4.79 Å². The first-order valence-corrected chi connectivity index (χ1v) is 6.48. The highest BCUT2D eigenvalue weighted by molar-refractivity contribution is 5.82. The third-order valence-corrected chi connectivity index (χ3v) is 2.43. The average molecular weight is 279 g/mol. The second-order valence-electron chi connectivity index (χ2n) is 5.45. The largest absolute Gasteiger partial charge is 0.444 e. The van der Waals surface area contributed by atoms with Crippen LogP contribution in [0.2, 0.25) is 0 Å². The monoisotopic (exact) mass is 279 g/mol. The number of nitrogens with zero attached hydrogens (tertiary/aromatic N) is 1. The van der Waals surface area contributed by atoms with Crippen molar-refractivity contribution < 1.29 is 14.3 Å². The smallest absolute Gasteiger partial charge is 0.407 e. The van der Waals surface area contributed by atoms with Gasteiger partial charge in [0, 0.05) is 17.8 Å². The number of carbonyl (C=O) groups is 2. The standard InChI is InChI=1S/C14H21N3O3/c1-14(2,3)20-13(19)16-6-4-5-11-7-10(9-18)12(15)8-17-11/h7-9H,4-6,15H2,1-3H3,(H,16,19). The Balaban J connectivity index is 2.34. The highest BCUT2D eigenvalue weighted by Crippen LogP contribution is 2.10. The molecule has 1 amide bonds. The van der Waals surface area contributed by atoms with Crippen LogP contribution < -0.4 is 11.1 Å². The molecule has 1 aromatic heterocycles. The summed E-state index contributed by atoms with van der Waals surface area (Å²) in [5.74, 6) is 0. The number of alkyl carbamates (subject to hydrolysis) is 1. The topological polar surface area (TPSA) is 94.3 Å². The maximum absolute atomic E-state index is 11.4. The Labute approximate surface area is 118 Å². The van der Waals surface area contributed by atoms with E-state index in [0.717, 1.165) is 5.69 Å². The normalized spacial score (nSPS) is 10.9. The summed E-state index contributed by atoms with van der Waals surface area (Å²) in [4.78, 5) is 26.3. The molecule has 3 N–H and O–H groups in total. The zero-order chi connectivity index (χ0) is 15.2. The molecule has 0 fully saturated rings. The summed E-state index contributed by atoms with van der Waals surface area (Å²) in [6.45, 7) is 5.92. The fourth-order valence-corrected chi connectivity index (χ4v) is 1.54. The fourth-order valence-electron chi connectivity index (χ4n) is 1.54. The number of rotatable bonds is 5. The van der Waals surface area contributed by atoms with E-state index in [2.05, 4.69) is 10.3 Å². The molecule has 1 aromatic rings. The number of hydrogen-bond donors (Lipinski definition) is 2. The Hall–Kier alpha value is -2.11. The van der Waals surface area contributed by atoms with E-state index in [0.29, 0.717) is 36.9 Å². The molecular formula is C14H21N3O3. The number of carbonyl (C=O) groups excluding carboxylic acids is 2. The van der Waals surface area contributed by atoms with Gasteiger partial charge >= 0.3 is 6.09 Å². The zero-order valence-corrected chi connectivity index (χ0v) is 12.1. The first-order chi connectivity index (χ1) is 9.31. The lowest BCUT2D eigenvalue weighted by Crippen LogP contribution is -2.33. The predicted octanol–water partition coefficient (Wildman–Crippen LogP) is 1.93. The second kappa shape index (κ2) is 6.88. The van der Waals surface area contributed by atoms with Gasteiger partial charge in [-0.3, -0.25) is 9.78 Å². The van der Waals surface area contributed by atoms with Gasteiger partial charge in [-0.05, 0) is 39.7 Å². The summed E-state index contributed by atoms with van der Waals surface area (Å²) in [7, 11) is 0. The van der Waals surface area contributed by atoms with Gasteiger partial charge < -0.3 is 15.8 Å². The van der Waals surface area contributed by atoms with E-state index in [4.69, 9.17) is 10.5 Å². The van der Waals surface area contributed by atoms with Crippen molar-refractivity contribution in [3.05, 3.63) is 23.5 Å². The summed E-state index contributed by atoms with van der Waals surface area (Å²) in [5.41, 5.74) is 6.67. The molecule has 0 unspecified atom stereocenters. The van der Waals surface area contributed by atoms with E-state index in [1.165, 1.54) is 6.20 Å². The number of nitrogens with one attached hydrogen (secondary N) is 1. The molecular weight excluding hydrogens is 258 g/mol. The molecule has 6 nitrogen and oxygen atoms in total. The number of aromatic nitrogens is 1. The van der Waals surface area contributed by atoms with E-state index in [1.807, 2.05) is 20.8 Å². The fraction of sp³-hybridized carbons (Fsp3) is 0.500. The molecule has 1 rings (SSSR count). The maximum atomic E-state index is 11.4. The molecule has 0 atom stereocenters. The van der Waals surface area contributed by atoms with E-state index in [1.54, 1.807) is 6.07 Å². The Morgan fingerprint density at radius 1 is 1.50 bits per heavy atom. The third-order valence-electron chi connectivity index (χ3n) is 2.43. The molecule has 110 valence electrons. The van der Waals surface area contributed by atoms with Crippen LogP contribution in [0.25, 0.3) is 0 Å². The van der Waals surface area contributed by atoms with Crippen molar-refractivity contribution >= 4 is 18.1 Å². The van der Waals surface area contributed by atoms with E-state index in [-0.39, 0.29) is 0 Å². The minimum atomic E-state index is -0.499. The minimum absolute atomic E-state index is 0.371. The van der Waals surface area contributed by atoms with Crippen LogP contribution in [0.1, 0.15) is 43.2 Å². The highest BCUT2D eigenvalue weighted by atomic mass is 16.6. The van der Waals surface area contributed by atoms with Crippen LogP contribution in [0.3, 0.4) is 0 Å². The molecule has 0 aliphatic carbocycles. The molecule has 1 heterocycles. The van der Waals surface area contributed by atoms with Crippen molar-refractivity contribution in [3.8, 4) is 0 Å². The zero-order valence-electron chi connectivity index (χ0n) is 12.1. The average Bonchev–Trinajstić information content (AvgIpc) is 2.34. The molecule has 0 radical (unpaired) electrons. The Morgan fingerprint density at radius 3 is 2.80 bits per heavy atom. The van der Waals surface area contributed by atoms with Crippen LogP contribution in [-0.4, -0.2) is 29.5 Å². The number of ether oxygens (including phenoxy) is 1. The van der Waals surface area contributed by atoms with Gasteiger partial charge in [0.05, 0.1) is 11.9 Å². The molecule has 0 saturated heterocycles. The van der Waals surface area contributed by atoms with Crippen molar-refractivity contribution in [1.82, 2.24) is 10.3 Å². The number of nitrogens with two attached hydrogens (primary N) is 1. The van der Waals surface area contributed by atoms with Crippen molar-refractivity contribution in [2.24, 2.45) is 0 Å². The third kappa shape index (κ3) is 5.69. The van der Waals surface area contributed by atoms with Crippen molar-refractivity contribution in [2.75, 3.05) is 12.3 Å². The van der Waals surface area contributed by atoms with Crippen molar-refractivity contribution in [1.29, 1.82) is 0 Å². The van der Waals surface area contributed by atoms with E-state index >= 15 is 0 Å². The Kier molecular flexibility index (Phi) is 5.49. The molecule has 0 aliphatic rings. The summed E-state index contributed by atoms with van der Waals surface area (Å²) >= 11 is 0. The number of nitrogen functional groups attached to an aromatic ring is 1. The Bertz CT molecular complexity index is 481. The van der Waals surface area contributed by atoms with Crippen LogP contribution in [-0.2, 0) is 11.2 Å². The predicted molar refractivity (Wildman–Crippen MR) is 76.6 cm³/mol. The molecule has 0 spiro atoms. The molecule has 0 aliphatic heterocycles. The number of aryl methyl sites for hydroxylation is 1. The number of hydrogen-bond acceptors (Lipinski definition) is 5. The highest BCUT2D eigenvalue weighted by Gasteiger charge is 2.15. The molecule has 6 heteroatoms. The summed E-state index contributed by atoms with van der Waals surface area (Å²) in [6.07, 6.45) is 3.10. The van der Waals surface area contributed by atoms with Crippen LogP contribution in [0, 0.1) is 0 Å². The van der Waals surface area contributed by atoms with Gasteiger partial charge in [0.15, 0.2) is 6.29 Å². The van der Waals surface area contributed by atoms with Gasteiger partial charge in [0.25, 0.3) is 0 Å². The second-order valence-corrected chi connectivity index (χ2v) is 5.45. The van der Waals surface area contributed by atoms with E-state index < -0.39 is 11.7 Å². The summed E-state index contributed by atoms with van der Waals surface area (Å²) in [6, 6.07) is 1.66. The van der Waals surface area contributed by atoms with Gasteiger partial charge in [-0.15, -0.1) is 0 Å². The summed E-state index contributed by atoms with van der Waals surface area (Å²) < 4.78 is 5.11. The number of anilines is 1. The van der Waals surface area contributed by atoms with E-state index in [9.17, 15) is 9.59 Å². The van der Waals surface area contributed by atoms with Gasteiger partial charge in [0.2, 0.25) is 0 Å². The maximum Gasteiger partial charge on any atom is 0.407 e. The van der Waals surface area contributed by atoms with Crippen LogP contribution in [0.5, 0.6) is 0 Å². The molecule has 0 bridgehead atoms.